The normalized spacial score (nSPS) is 11.7. The van der Waals surface area contributed by atoms with Crippen LogP contribution < -0.4 is 5.32 Å². The molecule has 0 radical (unpaired) electrons. The van der Waals surface area contributed by atoms with Gasteiger partial charge in [0.1, 0.15) is 0 Å². The Hall–Kier alpha value is -1.31. The monoisotopic (exact) mass is 284 g/mol. The number of carbonyl (C=O) groups is 2. The molecule has 0 atom stereocenters. The summed E-state index contributed by atoms with van der Waals surface area (Å²) in [6.45, 7) is 2.03. The number of carbonyl (C=O) groups excluding carboxylic acids is 1. The molecule has 5 nitrogen and oxygen atoms in total. The molecule has 0 fully saturated rings. The zero-order valence-electron chi connectivity index (χ0n) is 11.0. The van der Waals surface area contributed by atoms with Gasteiger partial charge in [-0.15, -0.1) is 0 Å². The average Bonchev–Trinajstić information content (AvgIpc) is 2.21. The van der Waals surface area contributed by atoms with Crippen LogP contribution in [0.5, 0.6) is 0 Å². The molecule has 0 aliphatic heterocycles. The number of carboxylic acids is 1. The molecule has 1 amide bonds. The van der Waals surface area contributed by atoms with Crippen LogP contribution in [0.1, 0.15) is 26.7 Å². The Labute approximate surface area is 109 Å². The van der Waals surface area contributed by atoms with Crippen molar-refractivity contribution in [1.29, 1.82) is 0 Å². The fourth-order valence-electron chi connectivity index (χ4n) is 1.48. The highest BCUT2D eigenvalue weighted by Gasteiger charge is 2.27. The Morgan fingerprint density at radius 1 is 1.32 bits per heavy atom. The quantitative estimate of drug-likeness (QED) is 0.703. The number of halogens is 3. The van der Waals surface area contributed by atoms with E-state index < -0.39 is 31.1 Å². The molecule has 2 N–H and O–H groups in total. The van der Waals surface area contributed by atoms with Crippen molar-refractivity contribution in [2.24, 2.45) is 0 Å². The molecule has 0 saturated carbocycles. The summed E-state index contributed by atoms with van der Waals surface area (Å²) in [5.74, 6) is -1.43. The number of amides is 1. The summed E-state index contributed by atoms with van der Waals surface area (Å²) in [6, 6.07) is -0.186. The van der Waals surface area contributed by atoms with Gasteiger partial charge in [-0.1, -0.05) is 0 Å². The van der Waals surface area contributed by atoms with E-state index in [0.717, 1.165) is 0 Å². The number of nitrogens with one attached hydrogen (secondary N) is 1. The molecule has 0 heterocycles. The molecule has 8 heteroatoms. The lowest BCUT2D eigenvalue weighted by molar-refractivity contribution is -0.139. The first-order chi connectivity index (χ1) is 8.63. The first-order valence-electron chi connectivity index (χ1n) is 5.92. The molecule has 0 spiro atoms. The van der Waals surface area contributed by atoms with E-state index in [1.807, 2.05) is 5.32 Å². The Kier molecular flexibility index (Phi) is 7.43. The lowest BCUT2D eigenvalue weighted by Crippen LogP contribution is -2.44. The van der Waals surface area contributed by atoms with Gasteiger partial charge in [0.25, 0.3) is 0 Å². The molecule has 0 aromatic heterocycles. The van der Waals surface area contributed by atoms with Gasteiger partial charge in [-0.3, -0.25) is 9.59 Å². The van der Waals surface area contributed by atoms with Crippen LogP contribution in [0.3, 0.4) is 0 Å². The summed E-state index contributed by atoms with van der Waals surface area (Å²) >= 11 is 0. The highest BCUT2D eigenvalue weighted by atomic mass is 19.4. The summed E-state index contributed by atoms with van der Waals surface area (Å²) < 4.78 is 35.7. The van der Waals surface area contributed by atoms with E-state index in [2.05, 4.69) is 0 Å². The minimum atomic E-state index is -4.35. The second kappa shape index (κ2) is 7.98. The van der Waals surface area contributed by atoms with Gasteiger partial charge in [0.15, 0.2) is 0 Å². The van der Waals surface area contributed by atoms with Crippen LogP contribution >= 0.6 is 0 Å². The molecule has 0 aromatic rings. The van der Waals surface area contributed by atoms with E-state index in [1.54, 1.807) is 13.8 Å². The zero-order chi connectivity index (χ0) is 15.1. The number of hydrogen-bond donors (Lipinski definition) is 2. The van der Waals surface area contributed by atoms with E-state index in [0.29, 0.717) is 0 Å². The number of rotatable bonds is 8. The smallest absolute Gasteiger partial charge is 0.401 e. The first kappa shape index (κ1) is 17.7. The van der Waals surface area contributed by atoms with Crippen LogP contribution in [-0.4, -0.2) is 53.7 Å². The Morgan fingerprint density at radius 2 is 1.89 bits per heavy atom. The summed E-state index contributed by atoms with van der Waals surface area (Å²) in [7, 11) is 0. The van der Waals surface area contributed by atoms with Crippen LogP contribution in [-0.2, 0) is 9.59 Å². The van der Waals surface area contributed by atoms with E-state index in [1.165, 1.54) is 4.90 Å². The number of carboxylic acid groups (broad SMARTS) is 1. The number of alkyl halides is 3. The van der Waals surface area contributed by atoms with Crippen molar-refractivity contribution in [3.8, 4) is 0 Å². The SMILES string of the molecule is CC(C)N(CCCC(=O)O)C(=O)CNCC(F)(F)F. The predicted octanol–water partition coefficient (Wildman–Crippen LogP) is 1.24. The molecule has 0 aliphatic carbocycles. The molecular formula is C11H19F3N2O3. The van der Waals surface area contributed by atoms with Gasteiger partial charge in [0, 0.05) is 19.0 Å². The summed E-state index contributed by atoms with van der Waals surface area (Å²) in [5.41, 5.74) is 0. The minimum absolute atomic E-state index is 0.0769. The molecule has 0 saturated heterocycles. The lowest BCUT2D eigenvalue weighted by atomic mass is 10.2. The molecule has 0 rings (SSSR count). The molecule has 0 aliphatic rings. The van der Waals surface area contributed by atoms with Gasteiger partial charge in [-0.05, 0) is 20.3 Å². The van der Waals surface area contributed by atoms with Crippen LogP contribution in [0.25, 0.3) is 0 Å². The highest BCUT2D eigenvalue weighted by Crippen LogP contribution is 2.12. The zero-order valence-corrected chi connectivity index (χ0v) is 11.0. The molecule has 0 unspecified atom stereocenters. The van der Waals surface area contributed by atoms with Crippen molar-refractivity contribution in [2.75, 3.05) is 19.6 Å². The van der Waals surface area contributed by atoms with Crippen molar-refractivity contribution in [3.63, 3.8) is 0 Å². The third kappa shape index (κ3) is 9.29. The fraction of sp³-hybridized carbons (Fsp3) is 0.818. The minimum Gasteiger partial charge on any atom is -0.481 e. The van der Waals surface area contributed by atoms with Crippen LogP contribution in [0.15, 0.2) is 0 Å². The Bertz CT molecular complexity index is 306. The van der Waals surface area contributed by atoms with Crippen molar-refractivity contribution >= 4 is 11.9 Å². The summed E-state index contributed by atoms with van der Waals surface area (Å²) in [4.78, 5) is 23.4. The fourth-order valence-corrected chi connectivity index (χ4v) is 1.48. The van der Waals surface area contributed by atoms with Gasteiger partial charge in [-0.2, -0.15) is 13.2 Å². The largest absolute Gasteiger partial charge is 0.481 e. The number of aliphatic carboxylic acids is 1. The standard InChI is InChI=1S/C11H19F3N2O3/c1-8(2)16(5-3-4-10(18)19)9(17)6-15-7-11(12,13)14/h8,15H,3-7H2,1-2H3,(H,18,19). The van der Waals surface area contributed by atoms with Crippen molar-refractivity contribution < 1.29 is 27.9 Å². The van der Waals surface area contributed by atoms with E-state index >= 15 is 0 Å². The number of nitrogens with zero attached hydrogens (tertiary/aromatic N) is 1. The maximum atomic E-state index is 11.9. The topological polar surface area (TPSA) is 69.6 Å². The Morgan fingerprint density at radius 3 is 2.32 bits per heavy atom. The van der Waals surface area contributed by atoms with Crippen LogP contribution in [0.4, 0.5) is 13.2 Å². The average molecular weight is 284 g/mol. The van der Waals surface area contributed by atoms with Gasteiger partial charge >= 0.3 is 12.1 Å². The molecular weight excluding hydrogens is 265 g/mol. The summed E-state index contributed by atoms with van der Waals surface area (Å²) in [5, 5.41) is 10.5. The van der Waals surface area contributed by atoms with E-state index in [4.69, 9.17) is 5.11 Å². The first-order valence-corrected chi connectivity index (χ1v) is 5.92. The maximum absolute atomic E-state index is 11.9. The molecule has 0 bridgehead atoms. The third-order valence-electron chi connectivity index (χ3n) is 2.34. The predicted molar refractivity (Wildman–Crippen MR) is 62.6 cm³/mol. The van der Waals surface area contributed by atoms with Gasteiger partial charge < -0.3 is 15.3 Å². The third-order valence-corrected chi connectivity index (χ3v) is 2.34. The summed E-state index contributed by atoms with van der Waals surface area (Å²) in [6.07, 6.45) is -4.16. The van der Waals surface area contributed by atoms with Crippen LogP contribution in [0.2, 0.25) is 0 Å². The maximum Gasteiger partial charge on any atom is 0.401 e. The van der Waals surface area contributed by atoms with Crippen molar-refractivity contribution in [2.45, 2.75) is 38.9 Å². The lowest BCUT2D eigenvalue weighted by Gasteiger charge is -2.27. The van der Waals surface area contributed by atoms with Gasteiger partial charge in [0.05, 0.1) is 13.1 Å². The molecule has 112 valence electrons. The van der Waals surface area contributed by atoms with Gasteiger partial charge in [-0.25, -0.2) is 0 Å². The van der Waals surface area contributed by atoms with E-state index in [-0.39, 0.29) is 25.4 Å². The van der Waals surface area contributed by atoms with Crippen molar-refractivity contribution in [1.82, 2.24) is 10.2 Å². The van der Waals surface area contributed by atoms with Crippen molar-refractivity contribution in [3.05, 3.63) is 0 Å². The highest BCUT2D eigenvalue weighted by molar-refractivity contribution is 5.78. The van der Waals surface area contributed by atoms with E-state index in [9.17, 15) is 22.8 Å². The molecule has 0 aromatic carbocycles. The van der Waals surface area contributed by atoms with Crippen LogP contribution in [0, 0.1) is 0 Å². The molecule has 19 heavy (non-hydrogen) atoms. The second-order valence-electron chi connectivity index (χ2n) is 4.40. The Balaban J connectivity index is 4.15. The number of hydrogen-bond acceptors (Lipinski definition) is 3. The second-order valence-corrected chi connectivity index (χ2v) is 4.40. The van der Waals surface area contributed by atoms with Gasteiger partial charge in [0.2, 0.25) is 5.91 Å².